The molecule has 10 heteroatoms. The first kappa shape index (κ1) is 22.6. The quantitative estimate of drug-likeness (QED) is 0.273. The van der Waals surface area contributed by atoms with Crippen LogP contribution in [0.1, 0.15) is 10.4 Å². The van der Waals surface area contributed by atoms with Gasteiger partial charge in [-0.05, 0) is 59.0 Å². The van der Waals surface area contributed by atoms with Crippen LogP contribution in [0.2, 0.25) is 5.02 Å². The van der Waals surface area contributed by atoms with Crippen molar-refractivity contribution in [3.8, 4) is 11.3 Å². The first-order valence-electron chi connectivity index (χ1n) is 9.69. The highest BCUT2D eigenvalue weighted by molar-refractivity contribution is 14.1. The molecule has 0 aliphatic carbocycles. The number of hydrogen-bond acceptors (Lipinski definition) is 6. The zero-order valence-electron chi connectivity index (χ0n) is 16.9. The number of carbonyl (C=O) groups is 2. The molecule has 164 valence electrons. The van der Waals surface area contributed by atoms with E-state index in [1.165, 1.54) is 6.07 Å². The van der Waals surface area contributed by atoms with Crippen LogP contribution in [0.15, 0.2) is 78.9 Å². The molecule has 1 heterocycles. The van der Waals surface area contributed by atoms with E-state index in [9.17, 15) is 9.59 Å². The van der Waals surface area contributed by atoms with Crippen LogP contribution in [0, 0.1) is 3.57 Å². The fourth-order valence-corrected chi connectivity index (χ4v) is 3.46. The fraction of sp³-hybridized carbons (Fsp3) is 0. The predicted octanol–water partition coefficient (Wildman–Crippen LogP) is 5.50. The molecule has 0 radical (unpaired) electrons. The molecule has 0 bridgehead atoms. The molecule has 0 fully saturated rings. The van der Waals surface area contributed by atoms with Crippen molar-refractivity contribution in [2.24, 2.45) is 0 Å². The molecule has 0 atom stereocenters. The Bertz CT molecular complexity index is 1300. The maximum Gasteiger partial charge on any atom is 0.328 e. The van der Waals surface area contributed by atoms with Crippen molar-refractivity contribution in [3.63, 3.8) is 0 Å². The second-order valence-corrected chi connectivity index (χ2v) is 8.37. The Morgan fingerprint density at radius 3 is 2.27 bits per heavy atom. The molecule has 0 unspecified atom stereocenters. The van der Waals surface area contributed by atoms with Crippen LogP contribution in [0.5, 0.6) is 0 Å². The molecule has 3 amide bonds. The number of imide groups is 1. The zero-order valence-corrected chi connectivity index (χ0v) is 19.8. The fourth-order valence-electron chi connectivity index (χ4n) is 2.88. The van der Waals surface area contributed by atoms with Crippen molar-refractivity contribution in [2.75, 3.05) is 10.6 Å². The highest BCUT2D eigenvalue weighted by atomic mass is 127. The summed E-state index contributed by atoms with van der Waals surface area (Å²) in [4.78, 5) is 29.1. The van der Waals surface area contributed by atoms with Gasteiger partial charge in [-0.25, -0.2) is 4.79 Å². The number of hydrogen-bond donors (Lipinski definition) is 3. The Hall–Kier alpha value is -3.57. The van der Waals surface area contributed by atoms with Gasteiger partial charge in [0, 0.05) is 14.8 Å². The number of rotatable bonds is 5. The second kappa shape index (κ2) is 10.4. The summed E-state index contributed by atoms with van der Waals surface area (Å²) >= 11 is 8.23. The van der Waals surface area contributed by atoms with E-state index < -0.39 is 11.9 Å². The maximum absolute atomic E-state index is 12.4. The lowest BCUT2D eigenvalue weighted by Gasteiger charge is -2.12. The van der Waals surface area contributed by atoms with Crippen LogP contribution in [-0.4, -0.2) is 27.1 Å². The van der Waals surface area contributed by atoms with Gasteiger partial charge < -0.3 is 5.32 Å². The number of amides is 3. The molecule has 33 heavy (non-hydrogen) atoms. The average molecular weight is 571 g/mol. The number of nitrogens with one attached hydrogen (secondary N) is 3. The normalized spacial score (nSPS) is 10.4. The van der Waals surface area contributed by atoms with Gasteiger partial charge in [0.15, 0.2) is 5.82 Å². The van der Waals surface area contributed by atoms with Gasteiger partial charge in [0.2, 0.25) is 0 Å². The summed E-state index contributed by atoms with van der Waals surface area (Å²) in [7, 11) is 0. The summed E-state index contributed by atoms with van der Waals surface area (Å²) in [5.41, 5.74) is 2.27. The Morgan fingerprint density at radius 1 is 0.848 bits per heavy atom. The highest BCUT2D eigenvalue weighted by Gasteiger charge is 2.16. The van der Waals surface area contributed by atoms with E-state index in [1.807, 2.05) is 54.6 Å². The molecule has 8 nitrogen and oxygen atoms in total. The van der Waals surface area contributed by atoms with Crippen LogP contribution in [-0.2, 0) is 0 Å². The van der Waals surface area contributed by atoms with E-state index >= 15 is 0 Å². The van der Waals surface area contributed by atoms with Crippen LogP contribution in [0.4, 0.5) is 22.2 Å². The van der Waals surface area contributed by atoms with Crippen molar-refractivity contribution < 1.29 is 9.59 Å². The topological polar surface area (TPSA) is 109 Å². The number of halogens is 2. The summed E-state index contributed by atoms with van der Waals surface area (Å²) in [5, 5.41) is 16.3. The van der Waals surface area contributed by atoms with E-state index in [0.29, 0.717) is 11.5 Å². The SMILES string of the molecule is O=C(NC(=O)c1ccccc1Cl)Nc1nnc(-c2ccccc2)c(Nc2ccc(I)cc2)n1. The van der Waals surface area contributed by atoms with E-state index in [-0.39, 0.29) is 16.5 Å². The van der Waals surface area contributed by atoms with E-state index in [2.05, 4.69) is 53.7 Å². The van der Waals surface area contributed by atoms with Gasteiger partial charge in [0.05, 0.1) is 10.6 Å². The van der Waals surface area contributed by atoms with Gasteiger partial charge in [0.25, 0.3) is 11.9 Å². The van der Waals surface area contributed by atoms with Crippen molar-refractivity contribution in [1.29, 1.82) is 0 Å². The molecule has 0 saturated heterocycles. The monoisotopic (exact) mass is 570 g/mol. The summed E-state index contributed by atoms with van der Waals surface area (Å²) in [6, 6.07) is 22.7. The number of urea groups is 1. The first-order valence-corrected chi connectivity index (χ1v) is 11.1. The minimum atomic E-state index is -0.811. The molecular formula is C23H16ClIN6O2. The Balaban J connectivity index is 1.57. The van der Waals surface area contributed by atoms with Gasteiger partial charge in [-0.15, -0.1) is 10.2 Å². The van der Waals surface area contributed by atoms with Crippen molar-refractivity contribution >= 4 is 63.6 Å². The Morgan fingerprint density at radius 2 is 1.55 bits per heavy atom. The van der Waals surface area contributed by atoms with Crippen molar-refractivity contribution in [2.45, 2.75) is 0 Å². The molecular weight excluding hydrogens is 555 g/mol. The largest absolute Gasteiger partial charge is 0.338 e. The minimum Gasteiger partial charge on any atom is -0.338 e. The lowest BCUT2D eigenvalue weighted by atomic mass is 10.1. The van der Waals surface area contributed by atoms with Gasteiger partial charge in [-0.3, -0.25) is 15.4 Å². The van der Waals surface area contributed by atoms with Gasteiger partial charge in [-0.2, -0.15) is 4.98 Å². The molecule has 0 aliphatic heterocycles. The Labute approximate surface area is 207 Å². The van der Waals surface area contributed by atoms with Crippen molar-refractivity contribution in [1.82, 2.24) is 20.5 Å². The third-order valence-corrected chi connectivity index (χ3v) is 5.46. The molecule has 1 aromatic heterocycles. The average Bonchev–Trinajstić information content (AvgIpc) is 2.81. The standard InChI is InChI=1S/C23H16ClIN6O2/c24-18-9-5-4-8-17(18)21(32)28-23(33)29-22-27-20(26-16-12-10-15(25)11-13-16)19(30-31-22)14-6-2-1-3-7-14/h1-13H,(H3,26,27,28,29,31,32,33). The second-order valence-electron chi connectivity index (χ2n) is 6.72. The molecule has 0 spiro atoms. The predicted molar refractivity (Wildman–Crippen MR) is 136 cm³/mol. The van der Waals surface area contributed by atoms with E-state index in [0.717, 1.165) is 14.8 Å². The highest BCUT2D eigenvalue weighted by Crippen LogP contribution is 2.27. The number of nitrogens with zero attached hydrogens (tertiary/aromatic N) is 3. The van der Waals surface area contributed by atoms with E-state index in [4.69, 9.17) is 11.6 Å². The molecule has 4 rings (SSSR count). The third-order valence-electron chi connectivity index (χ3n) is 4.41. The van der Waals surface area contributed by atoms with Gasteiger partial charge in [-0.1, -0.05) is 54.1 Å². The summed E-state index contributed by atoms with van der Waals surface area (Å²) in [6.45, 7) is 0. The first-order chi connectivity index (χ1) is 16.0. The zero-order chi connectivity index (χ0) is 23.2. The maximum atomic E-state index is 12.4. The van der Waals surface area contributed by atoms with Crippen molar-refractivity contribution in [3.05, 3.63) is 93.0 Å². The molecule has 0 aliphatic rings. The molecule has 4 aromatic rings. The lowest BCUT2D eigenvalue weighted by molar-refractivity contribution is 0.0967. The minimum absolute atomic E-state index is 0.0767. The van der Waals surface area contributed by atoms with Crippen LogP contribution < -0.4 is 16.0 Å². The number of aromatic nitrogens is 3. The summed E-state index contributed by atoms with van der Waals surface area (Å²) < 4.78 is 1.09. The smallest absolute Gasteiger partial charge is 0.328 e. The number of anilines is 3. The molecule has 3 aromatic carbocycles. The molecule has 3 N–H and O–H groups in total. The number of carbonyl (C=O) groups excluding carboxylic acids is 2. The van der Waals surface area contributed by atoms with Crippen LogP contribution in [0.25, 0.3) is 11.3 Å². The lowest BCUT2D eigenvalue weighted by Crippen LogP contribution is -2.35. The third kappa shape index (κ3) is 5.82. The summed E-state index contributed by atoms with van der Waals surface area (Å²) in [6.07, 6.45) is 0. The molecule has 0 saturated carbocycles. The summed E-state index contributed by atoms with van der Waals surface area (Å²) in [5.74, 6) is -0.332. The van der Waals surface area contributed by atoms with E-state index in [1.54, 1.807) is 18.2 Å². The number of benzene rings is 3. The van der Waals surface area contributed by atoms with Crippen LogP contribution >= 0.6 is 34.2 Å². The van der Waals surface area contributed by atoms with Crippen LogP contribution in [0.3, 0.4) is 0 Å². The Kier molecular flexibility index (Phi) is 7.10. The van der Waals surface area contributed by atoms with Gasteiger partial charge >= 0.3 is 6.03 Å². The van der Waals surface area contributed by atoms with Gasteiger partial charge in [0.1, 0.15) is 5.69 Å².